The molecule has 0 fully saturated rings. The van der Waals surface area contributed by atoms with E-state index < -0.39 is 0 Å². The van der Waals surface area contributed by atoms with Crippen molar-refractivity contribution in [3.8, 4) is 11.5 Å². The molecule has 27 heavy (non-hydrogen) atoms. The number of carbonyl (C=O) groups is 2. The summed E-state index contributed by atoms with van der Waals surface area (Å²) >= 11 is 11.9. The van der Waals surface area contributed by atoms with Gasteiger partial charge in [0.25, 0.3) is 5.91 Å². The average Bonchev–Trinajstić information content (AvgIpc) is 2.64. The molecule has 0 unspecified atom stereocenters. The molecule has 0 bridgehead atoms. The molecule has 0 aromatic heterocycles. The Labute approximate surface area is 167 Å². The van der Waals surface area contributed by atoms with Gasteiger partial charge in [0.15, 0.2) is 6.61 Å². The number of amides is 2. The minimum Gasteiger partial charge on any atom is -0.492 e. The third kappa shape index (κ3) is 4.84. The Morgan fingerprint density at radius 3 is 2.85 bits per heavy atom. The van der Waals surface area contributed by atoms with Crippen molar-refractivity contribution in [1.29, 1.82) is 0 Å². The van der Waals surface area contributed by atoms with E-state index >= 15 is 0 Å². The van der Waals surface area contributed by atoms with Crippen molar-refractivity contribution in [3.63, 3.8) is 0 Å². The Kier molecular flexibility index (Phi) is 6.08. The van der Waals surface area contributed by atoms with Crippen LogP contribution in [0.25, 0.3) is 0 Å². The van der Waals surface area contributed by atoms with E-state index in [9.17, 15) is 9.59 Å². The summed E-state index contributed by atoms with van der Waals surface area (Å²) in [4.78, 5) is 25.3. The molecule has 0 saturated carbocycles. The van der Waals surface area contributed by atoms with Crippen molar-refractivity contribution in [3.05, 3.63) is 46.4 Å². The standard InChI is InChI=1S/C19H18Cl2N2O4/c1-23-15-10-13(5-7-17(15)27-11-19(23)25)22-18(24)3-2-8-26-16-6-4-12(20)9-14(16)21/h4-7,9-10H,2-3,8,11H2,1H3,(H,22,24). The quantitative estimate of drug-likeness (QED) is 0.728. The van der Waals surface area contributed by atoms with Gasteiger partial charge in [0.2, 0.25) is 5.91 Å². The van der Waals surface area contributed by atoms with E-state index in [0.29, 0.717) is 45.9 Å². The lowest BCUT2D eigenvalue weighted by atomic mass is 10.2. The van der Waals surface area contributed by atoms with Gasteiger partial charge < -0.3 is 19.7 Å². The zero-order valence-electron chi connectivity index (χ0n) is 14.6. The molecule has 0 spiro atoms. The minimum atomic E-state index is -0.147. The van der Waals surface area contributed by atoms with Gasteiger partial charge in [0.1, 0.15) is 11.5 Å². The number of nitrogens with zero attached hydrogens (tertiary/aromatic N) is 1. The van der Waals surface area contributed by atoms with E-state index in [1.54, 1.807) is 43.4 Å². The number of anilines is 2. The van der Waals surface area contributed by atoms with Crippen LogP contribution in [0.15, 0.2) is 36.4 Å². The summed E-state index contributed by atoms with van der Waals surface area (Å²) in [6.07, 6.45) is 0.810. The number of carbonyl (C=O) groups excluding carboxylic acids is 2. The molecule has 1 heterocycles. The first-order valence-electron chi connectivity index (χ1n) is 8.35. The number of benzene rings is 2. The van der Waals surface area contributed by atoms with E-state index in [0.717, 1.165) is 0 Å². The second-order valence-electron chi connectivity index (χ2n) is 6.00. The van der Waals surface area contributed by atoms with Gasteiger partial charge in [0.05, 0.1) is 17.3 Å². The van der Waals surface area contributed by atoms with Crippen molar-refractivity contribution < 1.29 is 19.1 Å². The van der Waals surface area contributed by atoms with Gasteiger partial charge in [-0.15, -0.1) is 0 Å². The SMILES string of the molecule is CN1C(=O)COc2ccc(NC(=O)CCCOc3ccc(Cl)cc3Cl)cc21. The highest BCUT2D eigenvalue weighted by Crippen LogP contribution is 2.33. The lowest BCUT2D eigenvalue weighted by molar-refractivity contribution is -0.121. The smallest absolute Gasteiger partial charge is 0.264 e. The van der Waals surface area contributed by atoms with Gasteiger partial charge in [-0.05, 0) is 42.8 Å². The Bertz CT molecular complexity index is 873. The van der Waals surface area contributed by atoms with E-state index in [1.165, 1.54) is 4.90 Å². The molecule has 142 valence electrons. The Hall–Kier alpha value is -2.44. The maximum Gasteiger partial charge on any atom is 0.264 e. The third-order valence-corrected chi connectivity index (χ3v) is 4.56. The number of likely N-dealkylation sites (N-methyl/N-ethyl adjacent to an activating group) is 1. The second-order valence-corrected chi connectivity index (χ2v) is 6.84. The number of rotatable bonds is 6. The predicted octanol–water partition coefficient (Wildman–Crippen LogP) is 4.15. The fraction of sp³-hybridized carbons (Fsp3) is 0.263. The number of hydrogen-bond donors (Lipinski definition) is 1. The molecular formula is C19H18Cl2N2O4. The summed E-state index contributed by atoms with van der Waals surface area (Å²) < 4.78 is 10.9. The summed E-state index contributed by atoms with van der Waals surface area (Å²) in [5.41, 5.74) is 1.23. The Morgan fingerprint density at radius 2 is 2.07 bits per heavy atom. The number of hydrogen-bond acceptors (Lipinski definition) is 4. The fourth-order valence-electron chi connectivity index (χ4n) is 2.58. The van der Waals surface area contributed by atoms with Crippen LogP contribution in [-0.2, 0) is 9.59 Å². The highest BCUT2D eigenvalue weighted by atomic mass is 35.5. The lowest BCUT2D eigenvalue weighted by Crippen LogP contribution is -2.35. The van der Waals surface area contributed by atoms with Crippen LogP contribution in [0.4, 0.5) is 11.4 Å². The number of fused-ring (bicyclic) bond motifs is 1. The van der Waals surface area contributed by atoms with Crippen LogP contribution in [0.1, 0.15) is 12.8 Å². The van der Waals surface area contributed by atoms with Gasteiger partial charge in [-0.1, -0.05) is 23.2 Å². The fourth-order valence-corrected chi connectivity index (χ4v) is 3.04. The number of halogens is 2. The molecule has 0 radical (unpaired) electrons. The number of nitrogens with one attached hydrogen (secondary N) is 1. The maximum atomic E-state index is 12.1. The molecule has 0 saturated heterocycles. The van der Waals surface area contributed by atoms with Crippen LogP contribution in [0.5, 0.6) is 11.5 Å². The average molecular weight is 409 g/mol. The first-order chi connectivity index (χ1) is 12.9. The zero-order chi connectivity index (χ0) is 19.4. The van der Waals surface area contributed by atoms with Crippen LogP contribution in [-0.4, -0.2) is 32.1 Å². The van der Waals surface area contributed by atoms with Gasteiger partial charge in [0, 0.05) is 24.2 Å². The third-order valence-electron chi connectivity index (χ3n) is 4.03. The molecule has 2 aromatic rings. The highest BCUT2D eigenvalue weighted by Gasteiger charge is 2.22. The maximum absolute atomic E-state index is 12.1. The Morgan fingerprint density at radius 1 is 1.26 bits per heavy atom. The van der Waals surface area contributed by atoms with E-state index in [2.05, 4.69) is 5.32 Å². The van der Waals surface area contributed by atoms with Crippen molar-refractivity contribution in [2.45, 2.75) is 12.8 Å². The molecule has 0 atom stereocenters. The van der Waals surface area contributed by atoms with Crippen LogP contribution in [0.3, 0.4) is 0 Å². The molecule has 3 rings (SSSR count). The molecule has 0 aliphatic carbocycles. The first kappa shape index (κ1) is 19.3. The zero-order valence-corrected chi connectivity index (χ0v) is 16.1. The summed E-state index contributed by atoms with van der Waals surface area (Å²) in [5, 5.41) is 3.78. The van der Waals surface area contributed by atoms with Crippen LogP contribution in [0, 0.1) is 0 Å². The molecular weight excluding hydrogens is 391 g/mol. The van der Waals surface area contributed by atoms with Crippen LogP contribution < -0.4 is 19.7 Å². The van der Waals surface area contributed by atoms with Gasteiger partial charge in [-0.3, -0.25) is 9.59 Å². The lowest BCUT2D eigenvalue weighted by Gasteiger charge is -2.26. The molecule has 1 N–H and O–H groups in total. The van der Waals surface area contributed by atoms with Crippen molar-refractivity contribution in [2.24, 2.45) is 0 Å². The van der Waals surface area contributed by atoms with E-state index in [-0.39, 0.29) is 24.8 Å². The molecule has 8 heteroatoms. The van der Waals surface area contributed by atoms with Crippen molar-refractivity contribution >= 4 is 46.4 Å². The van der Waals surface area contributed by atoms with Crippen molar-refractivity contribution in [1.82, 2.24) is 0 Å². The van der Waals surface area contributed by atoms with Gasteiger partial charge in [-0.25, -0.2) is 0 Å². The topological polar surface area (TPSA) is 67.9 Å². The summed E-state index contributed by atoms with van der Waals surface area (Å²) in [6.45, 7) is 0.372. The largest absolute Gasteiger partial charge is 0.492 e. The highest BCUT2D eigenvalue weighted by molar-refractivity contribution is 6.35. The summed E-state index contributed by atoms with van der Waals surface area (Å²) in [7, 11) is 1.68. The normalized spacial score (nSPS) is 13.0. The minimum absolute atomic E-state index is 0.0207. The molecule has 2 amide bonds. The number of ether oxygens (including phenoxy) is 2. The molecule has 2 aromatic carbocycles. The molecule has 1 aliphatic rings. The predicted molar refractivity (Wildman–Crippen MR) is 105 cm³/mol. The summed E-state index contributed by atoms with van der Waals surface area (Å²) in [6, 6.07) is 10.2. The van der Waals surface area contributed by atoms with Crippen LogP contribution >= 0.6 is 23.2 Å². The van der Waals surface area contributed by atoms with Crippen LogP contribution in [0.2, 0.25) is 10.0 Å². The van der Waals surface area contributed by atoms with E-state index in [4.69, 9.17) is 32.7 Å². The van der Waals surface area contributed by atoms with E-state index in [1.807, 2.05) is 0 Å². The summed E-state index contributed by atoms with van der Waals surface area (Å²) in [5.74, 6) is 0.864. The van der Waals surface area contributed by atoms with Gasteiger partial charge in [-0.2, -0.15) is 0 Å². The van der Waals surface area contributed by atoms with Gasteiger partial charge >= 0.3 is 0 Å². The molecule has 6 nitrogen and oxygen atoms in total. The first-order valence-corrected chi connectivity index (χ1v) is 9.11. The molecule has 1 aliphatic heterocycles. The van der Waals surface area contributed by atoms with Crippen molar-refractivity contribution in [2.75, 3.05) is 30.5 Å². The monoisotopic (exact) mass is 408 g/mol. The second kappa shape index (κ2) is 8.50. The Balaban J connectivity index is 1.49.